The molecule has 5 heteroatoms. The number of aryl methyl sites for hydroxylation is 2. The number of amides is 1. The van der Waals surface area contributed by atoms with E-state index < -0.39 is 0 Å². The standard InChI is InChI=1S/C15H20N4O/c1-3-12-9-13(4-2)19(18-12)10-11-7-5-6-8-14(11)15(20)17-16/h5-9H,3-4,10,16H2,1-2H3,(H,17,20). The molecule has 0 atom stereocenters. The zero-order valence-corrected chi connectivity index (χ0v) is 11.9. The van der Waals surface area contributed by atoms with Gasteiger partial charge in [0.2, 0.25) is 0 Å². The van der Waals surface area contributed by atoms with Crippen molar-refractivity contribution < 1.29 is 4.79 Å². The molecule has 0 radical (unpaired) electrons. The lowest BCUT2D eigenvalue weighted by molar-refractivity contribution is 0.0952. The fourth-order valence-corrected chi connectivity index (χ4v) is 2.23. The largest absolute Gasteiger partial charge is 0.290 e. The Morgan fingerprint density at radius 1 is 1.30 bits per heavy atom. The number of nitrogens with one attached hydrogen (secondary N) is 1. The van der Waals surface area contributed by atoms with E-state index in [9.17, 15) is 4.79 Å². The second-order valence-electron chi connectivity index (χ2n) is 4.62. The smallest absolute Gasteiger partial charge is 0.265 e. The predicted octanol–water partition coefficient (Wildman–Crippen LogP) is 1.66. The van der Waals surface area contributed by atoms with Gasteiger partial charge >= 0.3 is 0 Å². The molecule has 0 bridgehead atoms. The first-order chi connectivity index (χ1) is 9.69. The molecule has 0 aliphatic rings. The normalized spacial score (nSPS) is 10.6. The molecule has 0 aliphatic heterocycles. The lowest BCUT2D eigenvalue weighted by atomic mass is 10.1. The number of nitrogen functional groups attached to an aromatic ring is 1. The molecule has 0 unspecified atom stereocenters. The summed E-state index contributed by atoms with van der Waals surface area (Å²) in [6.07, 6.45) is 1.82. The maximum absolute atomic E-state index is 11.8. The van der Waals surface area contributed by atoms with Gasteiger partial charge in [-0.25, -0.2) is 5.84 Å². The van der Waals surface area contributed by atoms with Crippen LogP contribution in [0.1, 0.15) is 41.2 Å². The van der Waals surface area contributed by atoms with Gasteiger partial charge in [-0.2, -0.15) is 5.10 Å². The number of benzene rings is 1. The van der Waals surface area contributed by atoms with Crippen molar-refractivity contribution in [2.75, 3.05) is 0 Å². The summed E-state index contributed by atoms with van der Waals surface area (Å²) in [6.45, 7) is 4.76. The van der Waals surface area contributed by atoms with Crippen LogP contribution in [0.25, 0.3) is 0 Å². The molecular weight excluding hydrogens is 252 g/mol. The minimum atomic E-state index is -0.276. The average Bonchev–Trinajstić information content (AvgIpc) is 2.89. The molecule has 5 nitrogen and oxygen atoms in total. The molecule has 0 saturated carbocycles. The van der Waals surface area contributed by atoms with E-state index >= 15 is 0 Å². The molecule has 2 aromatic rings. The number of hydrogen-bond acceptors (Lipinski definition) is 3. The molecule has 20 heavy (non-hydrogen) atoms. The van der Waals surface area contributed by atoms with Crippen molar-refractivity contribution in [2.45, 2.75) is 33.2 Å². The van der Waals surface area contributed by atoms with Crippen LogP contribution in [-0.2, 0) is 19.4 Å². The van der Waals surface area contributed by atoms with Crippen molar-refractivity contribution in [1.29, 1.82) is 0 Å². The molecule has 1 heterocycles. The van der Waals surface area contributed by atoms with Gasteiger partial charge in [-0.3, -0.25) is 14.9 Å². The molecule has 0 spiro atoms. The highest BCUT2D eigenvalue weighted by atomic mass is 16.2. The van der Waals surface area contributed by atoms with E-state index in [4.69, 9.17) is 5.84 Å². The van der Waals surface area contributed by atoms with Crippen LogP contribution < -0.4 is 11.3 Å². The Labute approximate surface area is 118 Å². The third kappa shape index (κ3) is 2.88. The molecule has 1 aromatic carbocycles. The number of nitrogens with zero attached hydrogens (tertiary/aromatic N) is 2. The summed E-state index contributed by atoms with van der Waals surface area (Å²) >= 11 is 0. The molecule has 0 aliphatic carbocycles. The first-order valence-electron chi connectivity index (χ1n) is 6.84. The summed E-state index contributed by atoms with van der Waals surface area (Å²) in [7, 11) is 0. The molecular formula is C15H20N4O. The molecule has 106 valence electrons. The Morgan fingerprint density at radius 3 is 2.70 bits per heavy atom. The van der Waals surface area contributed by atoms with Crippen molar-refractivity contribution in [1.82, 2.24) is 15.2 Å². The highest BCUT2D eigenvalue weighted by molar-refractivity contribution is 5.95. The number of hydrogen-bond donors (Lipinski definition) is 2. The van der Waals surface area contributed by atoms with Gasteiger partial charge in [-0.15, -0.1) is 0 Å². The van der Waals surface area contributed by atoms with E-state index in [2.05, 4.69) is 30.4 Å². The third-order valence-electron chi connectivity index (χ3n) is 3.35. The summed E-state index contributed by atoms with van der Waals surface area (Å²) in [5.74, 6) is 4.95. The minimum absolute atomic E-state index is 0.276. The van der Waals surface area contributed by atoms with Crippen LogP contribution in [0.5, 0.6) is 0 Å². The van der Waals surface area contributed by atoms with E-state index in [1.165, 1.54) is 5.69 Å². The van der Waals surface area contributed by atoms with Crippen LogP contribution >= 0.6 is 0 Å². The van der Waals surface area contributed by atoms with E-state index in [0.29, 0.717) is 12.1 Å². The second kappa shape index (κ2) is 6.34. The third-order valence-corrected chi connectivity index (χ3v) is 3.35. The van der Waals surface area contributed by atoms with Crippen LogP contribution in [0.15, 0.2) is 30.3 Å². The number of hydrazine groups is 1. The Hall–Kier alpha value is -2.14. The number of nitrogens with two attached hydrogens (primary N) is 1. The summed E-state index contributed by atoms with van der Waals surface area (Å²) in [5, 5.41) is 4.57. The first-order valence-corrected chi connectivity index (χ1v) is 6.84. The summed E-state index contributed by atoms with van der Waals surface area (Å²) in [5.41, 5.74) is 5.93. The summed E-state index contributed by atoms with van der Waals surface area (Å²) in [4.78, 5) is 11.8. The van der Waals surface area contributed by atoms with Crippen molar-refractivity contribution in [3.8, 4) is 0 Å². The van der Waals surface area contributed by atoms with Gasteiger partial charge < -0.3 is 0 Å². The topological polar surface area (TPSA) is 72.9 Å². The highest BCUT2D eigenvalue weighted by Gasteiger charge is 2.12. The zero-order valence-electron chi connectivity index (χ0n) is 11.9. The van der Waals surface area contributed by atoms with E-state index in [1.807, 2.05) is 22.9 Å². The minimum Gasteiger partial charge on any atom is -0.290 e. The highest BCUT2D eigenvalue weighted by Crippen LogP contribution is 2.13. The van der Waals surface area contributed by atoms with Crippen LogP contribution in [-0.4, -0.2) is 15.7 Å². The molecule has 0 saturated heterocycles. The lowest BCUT2D eigenvalue weighted by Crippen LogP contribution is -2.31. The Bertz CT molecular complexity index is 604. The van der Waals surface area contributed by atoms with Gasteiger partial charge in [0.15, 0.2) is 0 Å². The number of carbonyl (C=O) groups is 1. The van der Waals surface area contributed by atoms with Gasteiger partial charge in [0, 0.05) is 11.3 Å². The van der Waals surface area contributed by atoms with Crippen molar-refractivity contribution in [3.05, 3.63) is 52.8 Å². The number of carbonyl (C=O) groups excluding carboxylic acids is 1. The van der Waals surface area contributed by atoms with E-state index in [1.54, 1.807) is 6.07 Å². The van der Waals surface area contributed by atoms with Crippen molar-refractivity contribution >= 4 is 5.91 Å². The number of rotatable bonds is 5. The SMILES string of the molecule is CCc1cc(CC)n(Cc2ccccc2C(=O)NN)n1. The zero-order chi connectivity index (χ0) is 14.5. The first kappa shape index (κ1) is 14.3. The van der Waals surface area contributed by atoms with Crippen LogP contribution in [0, 0.1) is 0 Å². The van der Waals surface area contributed by atoms with Gasteiger partial charge in [-0.05, 0) is 30.5 Å². The van der Waals surface area contributed by atoms with Gasteiger partial charge in [-0.1, -0.05) is 32.0 Å². The quantitative estimate of drug-likeness (QED) is 0.494. The lowest BCUT2D eigenvalue weighted by Gasteiger charge is -2.10. The fourth-order valence-electron chi connectivity index (χ4n) is 2.23. The average molecular weight is 272 g/mol. The predicted molar refractivity (Wildman–Crippen MR) is 78.2 cm³/mol. The maximum atomic E-state index is 11.8. The molecule has 1 aromatic heterocycles. The monoisotopic (exact) mass is 272 g/mol. The van der Waals surface area contributed by atoms with Gasteiger partial charge in [0.25, 0.3) is 5.91 Å². The molecule has 3 N–H and O–H groups in total. The van der Waals surface area contributed by atoms with E-state index in [-0.39, 0.29) is 5.91 Å². The van der Waals surface area contributed by atoms with Gasteiger partial charge in [0.1, 0.15) is 0 Å². The van der Waals surface area contributed by atoms with Crippen LogP contribution in [0.3, 0.4) is 0 Å². The summed E-state index contributed by atoms with van der Waals surface area (Å²) < 4.78 is 1.96. The van der Waals surface area contributed by atoms with Gasteiger partial charge in [0.05, 0.1) is 12.2 Å². The second-order valence-corrected chi connectivity index (χ2v) is 4.62. The molecule has 2 rings (SSSR count). The Morgan fingerprint density at radius 2 is 2.05 bits per heavy atom. The van der Waals surface area contributed by atoms with Crippen LogP contribution in [0.4, 0.5) is 0 Å². The summed E-state index contributed by atoms with van der Waals surface area (Å²) in [6, 6.07) is 9.56. The maximum Gasteiger partial charge on any atom is 0.265 e. The molecule has 1 amide bonds. The van der Waals surface area contributed by atoms with E-state index in [0.717, 1.165) is 24.1 Å². The van der Waals surface area contributed by atoms with Crippen molar-refractivity contribution in [3.63, 3.8) is 0 Å². The van der Waals surface area contributed by atoms with Crippen LogP contribution in [0.2, 0.25) is 0 Å². The number of aromatic nitrogens is 2. The van der Waals surface area contributed by atoms with Crippen molar-refractivity contribution in [2.24, 2.45) is 5.84 Å². The Kier molecular flexibility index (Phi) is 4.53. The molecule has 0 fully saturated rings. The Balaban J connectivity index is 2.35. The fraction of sp³-hybridized carbons (Fsp3) is 0.333.